The molecule has 0 amide bonds. The van der Waals surface area contributed by atoms with E-state index < -0.39 is 0 Å². The summed E-state index contributed by atoms with van der Waals surface area (Å²) in [4.78, 5) is 45.1. The molecule has 49 heavy (non-hydrogen) atoms. The predicted octanol–water partition coefficient (Wildman–Crippen LogP) is 9.22. The first kappa shape index (κ1) is 30.0. The predicted molar refractivity (Wildman–Crippen MR) is 197 cm³/mol. The number of aromatic amines is 2. The van der Waals surface area contributed by atoms with Gasteiger partial charge in [0.1, 0.15) is 0 Å². The lowest BCUT2D eigenvalue weighted by Gasteiger charge is -2.20. The fourth-order valence-electron chi connectivity index (χ4n) is 6.54. The maximum atomic E-state index is 14.0. The first-order chi connectivity index (χ1) is 23.8. The number of allylic oxidation sites excluding steroid dienone is 3. The minimum atomic E-state index is -0.339. The molecule has 5 aromatic rings. The normalized spacial score (nSPS) is 14.2. The summed E-state index contributed by atoms with van der Waals surface area (Å²) in [5.41, 5.74) is 10.8. The summed E-state index contributed by atoms with van der Waals surface area (Å²) in [5.74, 6) is -0.612. The summed E-state index contributed by atoms with van der Waals surface area (Å²) >= 11 is 0. The lowest BCUT2D eigenvalue weighted by molar-refractivity contribution is -0.118. The van der Waals surface area contributed by atoms with Gasteiger partial charge < -0.3 is 14.7 Å². The zero-order chi connectivity index (χ0) is 33.6. The van der Waals surface area contributed by atoms with Gasteiger partial charge in [0.15, 0.2) is 11.5 Å². The highest BCUT2D eigenvalue weighted by atomic mass is 16.5. The molecule has 0 unspecified atom stereocenters. The van der Waals surface area contributed by atoms with Gasteiger partial charge in [-0.15, -0.1) is 0 Å². The summed E-state index contributed by atoms with van der Waals surface area (Å²) in [6.07, 6.45) is 8.93. The van der Waals surface area contributed by atoms with Gasteiger partial charge in [0, 0.05) is 44.3 Å². The maximum absolute atomic E-state index is 14.0. The van der Waals surface area contributed by atoms with Crippen molar-refractivity contribution in [2.75, 3.05) is 0 Å². The Labute approximate surface area is 283 Å². The molecule has 7 nitrogen and oxygen atoms in total. The molecule has 2 aromatic carbocycles. The van der Waals surface area contributed by atoms with Crippen molar-refractivity contribution in [3.05, 3.63) is 137 Å². The number of rotatable bonds is 5. The molecule has 7 heteroatoms. The van der Waals surface area contributed by atoms with Crippen LogP contribution in [0.5, 0.6) is 0 Å². The van der Waals surface area contributed by atoms with Crippen molar-refractivity contribution < 1.29 is 14.3 Å². The van der Waals surface area contributed by atoms with E-state index in [1.165, 1.54) is 6.08 Å². The third kappa shape index (κ3) is 5.45. The molecule has 0 radical (unpaired) electrons. The van der Waals surface area contributed by atoms with Gasteiger partial charge in [0.25, 0.3) is 0 Å². The van der Waals surface area contributed by atoms with E-state index in [0.29, 0.717) is 28.0 Å². The fraction of sp³-hybridized carbons (Fsp3) is 0.0952. The van der Waals surface area contributed by atoms with E-state index in [1.807, 2.05) is 129 Å². The molecule has 0 saturated heterocycles. The van der Waals surface area contributed by atoms with Crippen LogP contribution < -0.4 is 0 Å². The van der Waals surface area contributed by atoms with Gasteiger partial charge in [0.05, 0.1) is 34.5 Å². The van der Waals surface area contributed by atoms with Crippen molar-refractivity contribution in [1.29, 1.82) is 0 Å². The Morgan fingerprint density at radius 2 is 1.18 bits per heavy atom. The second-order valence-electron chi connectivity index (χ2n) is 12.5. The van der Waals surface area contributed by atoms with Crippen LogP contribution >= 0.6 is 0 Å². The van der Waals surface area contributed by atoms with E-state index in [2.05, 4.69) is 9.97 Å². The lowest BCUT2D eigenvalue weighted by Crippen LogP contribution is -2.22. The third-order valence-electron chi connectivity index (χ3n) is 8.69. The van der Waals surface area contributed by atoms with Crippen molar-refractivity contribution in [2.45, 2.75) is 26.9 Å². The zero-order valence-corrected chi connectivity index (χ0v) is 27.2. The summed E-state index contributed by atoms with van der Waals surface area (Å²) in [7, 11) is 0. The molecule has 0 spiro atoms. The van der Waals surface area contributed by atoms with Crippen LogP contribution in [0.15, 0.2) is 108 Å². The maximum Gasteiger partial charge on any atom is 0.224 e. The van der Waals surface area contributed by atoms with E-state index in [1.54, 1.807) is 6.92 Å². The number of hydrogen-bond acceptors (Lipinski definition) is 5. The Morgan fingerprint density at radius 3 is 1.84 bits per heavy atom. The van der Waals surface area contributed by atoms with Gasteiger partial charge in [-0.2, -0.15) is 0 Å². The van der Waals surface area contributed by atoms with Gasteiger partial charge in [-0.1, -0.05) is 60.7 Å². The van der Waals surface area contributed by atoms with E-state index >= 15 is 0 Å². The quantitative estimate of drug-likeness (QED) is 0.183. The molecule has 238 valence electrons. The average molecular weight is 641 g/mol. The van der Waals surface area contributed by atoms with Gasteiger partial charge >= 0.3 is 0 Å². The Morgan fingerprint density at radius 1 is 0.633 bits per heavy atom. The molecule has 0 saturated carbocycles. The van der Waals surface area contributed by atoms with Crippen LogP contribution in [0.4, 0.5) is 0 Å². The molecule has 5 heterocycles. The van der Waals surface area contributed by atoms with E-state index in [4.69, 9.17) is 14.7 Å². The van der Waals surface area contributed by atoms with Crippen molar-refractivity contribution >= 4 is 63.5 Å². The van der Waals surface area contributed by atoms with Gasteiger partial charge in [-0.3, -0.25) is 9.59 Å². The molecular formula is C42H32N4O3. The molecular weight excluding hydrogens is 608 g/mol. The molecule has 3 aromatic heterocycles. The van der Waals surface area contributed by atoms with E-state index in [9.17, 15) is 9.59 Å². The molecule has 8 rings (SSSR count). The van der Waals surface area contributed by atoms with Crippen molar-refractivity contribution in [3.8, 4) is 22.3 Å². The Kier molecular flexibility index (Phi) is 7.37. The Hall–Kier alpha value is -6.34. The largest absolute Gasteiger partial charge is 0.486 e. The van der Waals surface area contributed by atoms with E-state index in [-0.39, 0.29) is 29.0 Å². The van der Waals surface area contributed by atoms with E-state index in [0.717, 1.165) is 50.2 Å². The van der Waals surface area contributed by atoms with Crippen LogP contribution in [0.1, 0.15) is 49.1 Å². The number of ketones is 2. The van der Waals surface area contributed by atoms with Crippen LogP contribution in [0.25, 0.3) is 74.2 Å². The molecule has 0 fully saturated rings. The number of carbonyl (C=O) groups is 2. The summed E-state index contributed by atoms with van der Waals surface area (Å²) in [5, 5.41) is 0. The number of carbonyl (C=O) groups excluding carboxylic acids is 2. The topological polar surface area (TPSA) is 101 Å². The number of H-pyrrole nitrogens is 2. The number of hydrogen-bond donors (Lipinski definition) is 2. The number of aromatic nitrogens is 4. The Bertz CT molecular complexity index is 2440. The second kappa shape index (κ2) is 12.0. The highest BCUT2D eigenvalue weighted by Crippen LogP contribution is 2.37. The van der Waals surface area contributed by atoms with Crippen molar-refractivity contribution in [1.82, 2.24) is 19.9 Å². The SMILES string of the molecule is CC1=CC(=O)C(c2c3nc(c(-c4ccccc4)c4ccc(cc5nc(c(-c6ccccc6)c6ccc2[nH]6)C=C5)[nH]4)C=C3)=C(OC(C)C)C1=O. The van der Waals surface area contributed by atoms with Gasteiger partial charge in [-0.25, -0.2) is 9.97 Å². The monoisotopic (exact) mass is 640 g/mol. The van der Waals surface area contributed by atoms with Gasteiger partial charge in [0.2, 0.25) is 5.78 Å². The lowest BCUT2D eigenvalue weighted by atomic mass is 9.90. The van der Waals surface area contributed by atoms with Gasteiger partial charge in [-0.05, 0) is 92.6 Å². The number of fused-ring (bicyclic) bond motifs is 8. The fourth-order valence-corrected chi connectivity index (χ4v) is 6.54. The Balaban J connectivity index is 1.56. The van der Waals surface area contributed by atoms with Crippen LogP contribution in [0, 0.1) is 0 Å². The average Bonchev–Trinajstić information content (AvgIpc) is 3.93. The highest BCUT2D eigenvalue weighted by Gasteiger charge is 2.32. The van der Waals surface area contributed by atoms with Crippen LogP contribution in [0.2, 0.25) is 0 Å². The number of nitrogens with one attached hydrogen (secondary N) is 2. The van der Waals surface area contributed by atoms with Crippen molar-refractivity contribution in [3.63, 3.8) is 0 Å². The standard InChI is InChI=1S/C42H32N4O3/c1-24(2)49-42-40(36(47)22-25(3)41(42)48)39-34-20-18-32(45-34)37(26-10-6-4-7-11-26)30-16-14-28(43-30)23-29-15-17-31(44-29)38(27-12-8-5-9-13-27)33-19-21-35(39)46-33/h4-24,43,46H,1-3H3. The van der Waals surface area contributed by atoms with Crippen LogP contribution in [0.3, 0.4) is 0 Å². The zero-order valence-electron chi connectivity index (χ0n) is 27.2. The second-order valence-corrected chi connectivity index (χ2v) is 12.5. The molecule has 1 aliphatic carbocycles. The minimum Gasteiger partial charge on any atom is -0.486 e. The first-order valence-corrected chi connectivity index (χ1v) is 16.3. The van der Waals surface area contributed by atoms with Crippen molar-refractivity contribution in [2.24, 2.45) is 0 Å². The highest BCUT2D eigenvalue weighted by molar-refractivity contribution is 6.38. The molecule has 2 aliphatic heterocycles. The third-order valence-corrected chi connectivity index (χ3v) is 8.69. The molecule has 8 bridgehead atoms. The minimum absolute atomic E-state index is 0.0246. The summed E-state index contributed by atoms with van der Waals surface area (Å²) < 4.78 is 6.14. The number of nitrogens with zero attached hydrogens (tertiary/aromatic N) is 2. The first-order valence-electron chi connectivity index (χ1n) is 16.3. The molecule has 2 N–H and O–H groups in total. The smallest absolute Gasteiger partial charge is 0.224 e. The molecule has 0 atom stereocenters. The summed E-state index contributed by atoms with van der Waals surface area (Å²) in [6, 6.07) is 30.2. The number of ether oxygens (including phenoxy) is 1. The van der Waals surface area contributed by atoms with Crippen LogP contribution in [-0.2, 0) is 14.3 Å². The summed E-state index contributed by atoms with van der Waals surface area (Å²) in [6.45, 7) is 5.33. The molecule has 3 aliphatic rings. The number of benzene rings is 2. The number of Topliss-reactive ketones (excluding diaryl/α,β-unsaturated/α-hetero) is 1. The van der Waals surface area contributed by atoms with Crippen LogP contribution in [-0.4, -0.2) is 37.6 Å².